The lowest BCUT2D eigenvalue weighted by molar-refractivity contribution is -0.123. The fraction of sp³-hybridized carbons (Fsp3) is 0.500. The number of carbonyl (C=O) groups is 1. The molecule has 1 amide bonds. The molecule has 1 aromatic rings. The molecule has 3 rings (SSSR count). The van der Waals surface area contributed by atoms with Crippen LogP contribution in [-0.2, 0) is 4.79 Å². The molecule has 5 heteroatoms. The van der Waals surface area contributed by atoms with Gasteiger partial charge in [0.25, 0.3) is 0 Å². The van der Waals surface area contributed by atoms with E-state index in [-0.39, 0.29) is 23.8 Å². The number of benzene rings is 1. The first kappa shape index (κ1) is 12.9. The van der Waals surface area contributed by atoms with Crippen LogP contribution in [0.5, 0.6) is 0 Å². The van der Waals surface area contributed by atoms with Crippen molar-refractivity contribution >= 4 is 17.7 Å². The van der Waals surface area contributed by atoms with Crippen molar-refractivity contribution in [3.05, 3.63) is 29.6 Å². The highest BCUT2D eigenvalue weighted by atomic mass is 32.2. The molecule has 102 valence electrons. The molecular weight excluding hydrogens is 263 g/mol. The van der Waals surface area contributed by atoms with Crippen molar-refractivity contribution in [3.63, 3.8) is 0 Å². The van der Waals surface area contributed by atoms with Crippen LogP contribution in [0.2, 0.25) is 0 Å². The summed E-state index contributed by atoms with van der Waals surface area (Å²) in [7, 11) is 0. The summed E-state index contributed by atoms with van der Waals surface area (Å²) in [6, 6.07) is 4.98. The van der Waals surface area contributed by atoms with E-state index in [1.807, 2.05) is 6.07 Å². The fourth-order valence-corrected chi connectivity index (χ4v) is 3.86. The summed E-state index contributed by atoms with van der Waals surface area (Å²) in [4.78, 5) is 12.8. The molecule has 2 aliphatic rings. The van der Waals surface area contributed by atoms with Crippen LogP contribution in [0.4, 0.5) is 4.39 Å². The average Bonchev–Trinajstić information content (AvgIpc) is 2.94. The third-order valence-corrected chi connectivity index (χ3v) is 4.88. The Hall–Kier alpha value is -1.07. The molecule has 0 aliphatic carbocycles. The summed E-state index contributed by atoms with van der Waals surface area (Å²) >= 11 is 1.54. The van der Waals surface area contributed by atoms with E-state index < -0.39 is 0 Å². The summed E-state index contributed by atoms with van der Waals surface area (Å²) in [6.07, 6.45) is 2.80. The molecule has 0 spiro atoms. The molecule has 2 atom stereocenters. The number of hydrogen-bond acceptors (Lipinski definition) is 3. The van der Waals surface area contributed by atoms with Gasteiger partial charge in [-0.15, -0.1) is 11.8 Å². The maximum Gasteiger partial charge on any atom is 0.237 e. The number of halogens is 1. The van der Waals surface area contributed by atoms with Crippen molar-refractivity contribution in [1.82, 2.24) is 10.6 Å². The lowest BCUT2D eigenvalue weighted by Gasteiger charge is -2.27. The molecule has 2 N–H and O–H groups in total. The van der Waals surface area contributed by atoms with E-state index in [1.54, 1.807) is 6.07 Å². The van der Waals surface area contributed by atoms with E-state index >= 15 is 0 Å². The zero-order valence-electron chi connectivity index (χ0n) is 10.6. The van der Waals surface area contributed by atoms with Gasteiger partial charge in [-0.3, -0.25) is 4.79 Å². The predicted octanol–water partition coefficient (Wildman–Crippen LogP) is 2.23. The Labute approximate surface area is 116 Å². The maximum atomic E-state index is 13.7. The second-order valence-corrected chi connectivity index (χ2v) is 6.11. The number of amides is 1. The molecule has 1 aromatic carbocycles. The maximum absolute atomic E-state index is 13.7. The lowest BCUT2D eigenvalue weighted by atomic mass is 10.0. The van der Waals surface area contributed by atoms with E-state index in [0.29, 0.717) is 4.90 Å². The third-order valence-electron chi connectivity index (χ3n) is 3.72. The van der Waals surface area contributed by atoms with Crippen molar-refractivity contribution in [3.8, 4) is 0 Å². The van der Waals surface area contributed by atoms with Crippen LogP contribution in [0.3, 0.4) is 0 Å². The zero-order valence-corrected chi connectivity index (χ0v) is 11.4. The number of nitrogens with one attached hydrogen (secondary N) is 2. The number of hydrogen-bond donors (Lipinski definition) is 2. The number of carbonyl (C=O) groups excluding carboxylic acids is 1. The average molecular weight is 280 g/mol. The summed E-state index contributed by atoms with van der Waals surface area (Å²) in [5, 5.41) is 6.25. The second-order valence-electron chi connectivity index (χ2n) is 5.01. The molecule has 0 radical (unpaired) electrons. The first-order valence-corrected chi connectivity index (χ1v) is 7.69. The van der Waals surface area contributed by atoms with Crippen LogP contribution in [0, 0.1) is 5.82 Å². The minimum atomic E-state index is -0.180. The Morgan fingerprint density at radius 2 is 2.32 bits per heavy atom. The van der Waals surface area contributed by atoms with Gasteiger partial charge in [0.1, 0.15) is 5.82 Å². The Bertz CT molecular complexity index is 488. The molecular formula is C14H17FN2OS. The molecule has 19 heavy (non-hydrogen) atoms. The minimum absolute atomic E-state index is 0.0459. The van der Waals surface area contributed by atoms with Crippen LogP contribution in [0.25, 0.3) is 0 Å². The van der Waals surface area contributed by atoms with Crippen LogP contribution in [0.1, 0.15) is 30.9 Å². The fourth-order valence-electron chi connectivity index (χ4n) is 2.72. The molecule has 1 saturated heterocycles. The molecule has 2 unspecified atom stereocenters. The van der Waals surface area contributed by atoms with Gasteiger partial charge in [0.2, 0.25) is 5.91 Å². The number of fused-ring (bicyclic) bond motifs is 1. The van der Waals surface area contributed by atoms with E-state index in [1.165, 1.54) is 17.8 Å². The van der Waals surface area contributed by atoms with Crippen LogP contribution < -0.4 is 10.6 Å². The second kappa shape index (κ2) is 5.51. The Balaban J connectivity index is 1.76. The number of thioether (sulfide) groups is 1. The van der Waals surface area contributed by atoms with Gasteiger partial charge in [-0.05, 0) is 37.4 Å². The van der Waals surface area contributed by atoms with Crippen molar-refractivity contribution < 1.29 is 9.18 Å². The van der Waals surface area contributed by atoms with Crippen LogP contribution in [-0.4, -0.2) is 24.2 Å². The topological polar surface area (TPSA) is 41.1 Å². The van der Waals surface area contributed by atoms with Gasteiger partial charge in [0.15, 0.2) is 0 Å². The third kappa shape index (κ3) is 2.62. The monoisotopic (exact) mass is 280 g/mol. The zero-order chi connectivity index (χ0) is 13.2. The number of rotatable bonds is 2. The smallest absolute Gasteiger partial charge is 0.237 e. The highest BCUT2D eigenvalue weighted by molar-refractivity contribution is 7.99. The van der Waals surface area contributed by atoms with E-state index in [9.17, 15) is 9.18 Å². The van der Waals surface area contributed by atoms with Gasteiger partial charge in [-0.2, -0.15) is 0 Å². The summed E-state index contributed by atoms with van der Waals surface area (Å²) in [5.74, 6) is 0.710. The van der Waals surface area contributed by atoms with Crippen molar-refractivity contribution in [2.45, 2.75) is 36.2 Å². The molecule has 2 aliphatic heterocycles. The van der Waals surface area contributed by atoms with Crippen molar-refractivity contribution in [2.24, 2.45) is 0 Å². The van der Waals surface area contributed by atoms with E-state index in [2.05, 4.69) is 10.6 Å². The van der Waals surface area contributed by atoms with Crippen molar-refractivity contribution in [2.75, 3.05) is 12.3 Å². The highest BCUT2D eigenvalue weighted by Crippen LogP contribution is 2.37. The van der Waals surface area contributed by atoms with E-state index in [4.69, 9.17) is 0 Å². The summed E-state index contributed by atoms with van der Waals surface area (Å²) in [6.45, 7) is 0.907. The van der Waals surface area contributed by atoms with Crippen molar-refractivity contribution in [1.29, 1.82) is 0 Å². The van der Waals surface area contributed by atoms with Gasteiger partial charge in [0, 0.05) is 10.6 Å². The van der Waals surface area contributed by atoms with Gasteiger partial charge >= 0.3 is 0 Å². The molecule has 0 aromatic heterocycles. The molecule has 0 bridgehead atoms. The van der Waals surface area contributed by atoms with Crippen LogP contribution >= 0.6 is 11.8 Å². The van der Waals surface area contributed by atoms with Gasteiger partial charge in [0.05, 0.1) is 12.1 Å². The minimum Gasteiger partial charge on any atom is -0.348 e. The Morgan fingerprint density at radius 3 is 3.11 bits per heavy atom. The van der Waals surface area contributed by atoms with Crippen LogP contribution in [0.15, 0.2) is 23.1 Å². The van der Waals surface area contributed by atoms with E-state index in [0.717, 1.165) is 37.1 Å². The summed E-state index contributed by atoms with van der Waals surface area (Å²) in [5.41, 5.74) is 0.919. The quantitative estimate of drug-likeness (QED) is 0.873. The van der Waals surface area contributed by atoms with Gasteiger partial charge in [-0.1, -0.05) is 12.1 Å². The largest absolute Gasteiger partial charge is 0.348 e. The first-order chi connectivity index (χ1) is 9.25. The SMILES string of the molecule is O=C(NC1CCSc2c(F)cccc21)C1CCCN1. The predicted molar refractivity (Wildman–Crippen MR) is 73.6 cm³/mol. The highest BCUT2D eigenvalue weighted by Gasteiger charge is 2.28. The molecule has 0 saturated carbocycles. The standard InChI is InChI=1S/C14H17FN2OS/c15-10-4-1-3-9-11(6-8-19-13(9)10)17-14(18)12-5-2-7-16-12/h1,3-4,11-12,16H,2,5-8H2,(H,17,18). The van der Waals surface area contributed by atoms with Gasteiger partial charge < -0.3 is 10.6 Å². The Kier molecular flexibility index (Phi) is 3.75. The lowest BCUT2D eigenvalue weighted by Crippen LogP contribution is -2.42. The van der Waals surface area contributed by atoms with Gasteiger partial charge in [-0.25, -0.2) is 4.39 Å². The normalized spacial score (nSPS) is 25.9. The molecule has 3 nitrogen and oxygen atoms in total. The summed E-state index contributed by atoms with van der Waals surface area (Å²) < 4.78 is 13.7. The molecule has 1 fully saturated rings. The molecule has 2 heterocycles. The Morgan fingerprint density at radius 1 is 1.42 bits per heavy atom. The first-order valence-electron chi connectivity index (χ1n) is 6.70.